The van der Waals surface area contributed by atoms with E-state index < -0.39 is 18.0 Å². The van der Waals surface area contributed by atoms with E-state index in [4.69, 9.17) is 31.3 Å². The Hall–Kier alpha value is -2.21. The minimum absolute atomic E-state index is 0.133. The number of benzene rings is 1. The molecule has 2 N–H and O–H groups in total. The number of aliphatic carboxylic acids is 2. The fourth-order valence-electron chi connectivity index (χ4n) is 1.60. The highest BCUT2D eigenvalue weighted by molar-refractivity contribution is 6.31. The number of halogens is 1. The summed E-state index contributed by atoms with van der Waals surface area (Å²) in [4.78, 5) is 21.7. The zero-order chi connectivity index (χ0) is 16.0. The van der Waals surface area contributed by atoms with Crippen LogP contribution < -0.4 is 9.47 Å². The van der Waals surface area contributed by atoms with Crippen LogP contribution in [0.5, 0.6) is 11.5 Å². The Morgan fingerprint density at radius 3 is 2.52 bits per heavy atom. The van der Waals surface area contributed by atoms with Crippen molar-refractivity contribution in [1.82, 2.24) is 0 Å². The minimum Gasteiger partial charge on any atom is -0.493 e. The van der Waals surface area contributed by atoms with Crippen LogP contribution in [0.3, 0.4) is 0 Å². The van der Waals surface area contributed by atoms with Gasteiger partial charge in [-0.05, 0) is 18.6 Å². The molecule has 0 aliphatic heterocycles. The van der Waals surface area contributed by atoms with Gasteiger partial charge in [0.1, 0.15) is 0 Å². The first kappa shape index (κ1) is 16.8. The zero-order valence-corrected chi connectivity index (χ0v) is 12.3. The highest BCUT2D eigenvalue weighted by atomic mass is 35.5. The van der Waals surface area contributed by atoms with Crippen molar-refractivity contribution >= 4 is 29.6 Å². The summed E-state index contributed by atoms with van der Waals surface area (Å²) in [5.74, 6) is -1.91. The average molecular weight is 315 g/mol. The van der Waals surface area contributed by atoms with Crippen molar-refractivity contribution in [1.29, 1.82) is 0 Å². The van der Waals surface area contributed by atoms with Gasteiger partial charge in [0.2, 0.25) is 0 Å². The molecule has 114 valence electrons. The van der Waals surface area contributed by atoms with E-state index in [1.165, 1.54) is 25.3 Å². The van der Waals surface area contributed by atoms with Gasteiger partial charge in [0, 0.05) is 22.7 Å². The van der Waals surface area contributed by atoms with Crippen LogP contribution in [0, 0.1) is 0 Å². The van der Waals surface area contributed by atoms with Crippen LogP contribution in [-0.2, 0) is 9.59 Å². The number of carboxylic acid groups (broad SMARTS) is 2. The molecule has 0 fully saturated rings. The highest BCUT2D eigenvalue weighted by Crippen LogP contribution is 2.36. The Kier molecular flexibility index (Phi) is 6.05. The fourth-order valence-corrected chi connectivity index (χ4v) is 1.82. The Morgan fingerprint density at radius 1 is 1.38 bits per heavy atom. The van der Waals surface area contributed by atoms with Crippen molar-refractivity contribution in [3.8, 4) is 11.5 Å². The Bertz CT molecular complexity index is 567. The van der Waals surface area contributed by atoms with E-state index in [9.17, 15) is 9.59 Å². The summed E-state index contributed by atoms with van der Waals surface area (Å²) < 4.78 is 10.6. The maximum Gasteiger partial charge on any atom is 0.344 e. The molecular weight excluding hydrogens is 300 g/mol. The Labute approximate surface area is 126 Å². The number of rotatable bonds is 7. The Balaban J connectivity index is 3.31. The molecule has 0 heterocycles. The van der Waals surface area contributed by atoms with Crippen molar-refractivity contribution in [2.45, 2.75) is 19.4 Å². The first-order chi connectivity index (χ1) is 9.88. The van der Waals surface area contributed by atoms with Crippen molar-refractivity contribution < 1.29 is 29.3 Å². The van der Waals surface area contributed by atoms with Gasteiger partial charge in [-0.15, -0.1) is 0 Å². The third-order valence-corrected chi connectivity index (χ3v) is 2.80. The maximum atomic E-state index is 11.1. The van der Waals surface area contributed by atoms with Crippen LogP contribution in [0.15, 0.2) is 18.2 Å². The molecule has 0 radical (unpaired) electrons. The summed E-state index contributed by atoms with van der Waals surface area (Å²) in [6.07, 6.45) is 1.33. The smallest absolute Gasteiger partial charge is 0.344 e. The number of carbonyl (C=O) groups is 2. The molecule has 0 aliphatic carbocycles. The van der Waals surface area contributed by atoms with Gasteiger partial charge in [0.25, 0.3) is 0 Å². The molecule has 1 rings (SSSR count). The summed E-state index contributed by atoms with van der Waals surface area (Å²) in [7, 11) is 1.38. The molecule has 0 aliphatic rings. The second kappa shape index (κ2) is 7.54. The van der Waals surface area contributed by atoms with Crippen molar-refractivity contribution in [2.24, 2.45) is 0 Å². The van der Waals surface area contributed by atoms with Gasteiger partial charge in [-0.25, -0.2) is 9.59 Å². The van der Waals surface area contributed by atoms with Gasteiger partial charge in [0.15, 0.2) is 17.6 Å². The molecule has 1 unspecified atom stereocenters. The van der Waals surface area contributed by atoms with Gasteiger partial charge in [-0.1, -0.05) is 18.5 Å². The summed E-state index contributed by atoms with van der Waals surface area (Å²) in [6, 6.07) is 2.93. The van der Waals surface area contributed by atoms with Crippen LogP contribution in [0.2, 0.25) is 5.02 Å². The first-order valence-corrected chi connectivity index (χ1v) is 6.44. The summed E-state index contributed by atoms with van der Waals surface area (Å²) in [5.41, 5.74) is 0.321. The van der Waals surface area contributed by atoms with Crippen LogP contribution in [0.4, 0.5) is 0 Å². The lowest BCUT2D eigenvalue weighted by atomic mass is 10.1. The highest BCUT2D eigenvalue weighted by Gasteiger charge is 2.21. The lowest BCUT2D eigenvalue weighted by molar-refractivity contribution is -0.145. The zero-order valence-electron chi connectivity index (χ0n) is 11.5. The number of hydrogen-bond acceptors (Lipinski definition) is 4. The van der Waals surface area contributed by atoms with Crippen LogP contribution in [0.1, 0.15) is 18.9 Å². The predicted octanol–water partition coefficient (Wildman–Crippen LogP) is 2.69. The second-order valence-electron chi connectivity index (χ2n) is 4.05. The molecule has 6 nitrogen and oxygen atoms in total. The lowest BCUT2D eigenvalue weighted by Crippen LogP contribution is -2.26. The SMILES string of the molecule is CCC(Oc1c(/C=C/C(=O)O)cc(Cl)cc1OC)C(=O)O. The standard InChI is InChI=1S/C14H15ClO6/c1-3-10(14(18)19)21-13-8(4-5-12(16)17)6-9(15)7-11(13)20-2/h4-7,10H,3H2,1-2H3,(H,16,17)(H,18,19)/b5-4+. The van der Waals surface area contributed by atoms with Gasteiger partial charge >= 0.3 is 11.9 Å². The summed E-state index contributed by atoms with van der Waals surface area (Å²) in [5, 5.41) is 18.1. The molecule has 1 atom stereocenters. The van der Waals surface area contributed by atoms with Crippen molar-refractivity contribution in [2.75, 3.05) is 7.11 Å². The molecule has 0 saturated heterocycles. The Morgan fingerprint density at radius 2 is 2.05 bits per heavy atom. The summed E-state index contributed by atoms with van der Waals surface area (Å²) >= 11 is 5.92. The molecule has 0 amide bonds. The van der Waals surface area contributed by atoms with E-state index in [1.54, 1.807) is 6.92 Å². The quantitative estimate of drug-likeness (QED) is 0.752. The third kappa shape index (κ3) is 4.68. The molecule has 7 heteroatoms. The fraction of sp³-hybridized carbons (Fsp3) is 0.286. The monoisotopic (exact) mass is 314 g/mol. The van der Waals surface area contributed by atoms with Gasteiger partial charge in [-0.2, -0.15) is 0 Å². The van der Waals surface area contributed by atoms with Gasteiger partial charge in [-0.3, -0.25) is 0 Å². The maximum absolute atomic E-state index is 11.1. The average Bonchev–Trinajstić information content (AvgIpc) is 2.42. The normalized spacial score (nSPS) is 12.1. The van der Waals surface area contributed by atoms with E-state index in [2.05, 4.69) is 0 Å². The molecular formula is C14H15ClO6. The van der Waals surface area contributed by atoms with Crippen LogP contribution in [-0.4, -0.2) is 35.4 Å². The van der Waals surface area contributed by atoms with E-state index in [-0.39, 0.29) is 17.9 Å². The number of carboxylic acids is 2. The van der Waals surface area contributed by atoms with E-state index in [0.717, 1.165) is 6.08 Å². The number of ether oxygens (including phenoxy) is 2. The van der Waals surface area contributed by atoms with E-state index in [1.807, 2.05) is 0 Å². The van der Waals surface area contributed by atoms with Crippen molar-refractivity contribution in [3.63, 3.8) is 0 Å². The third-order valence-electron chi connectivity index (χ3n) is 2.58. The minimum atomic E-state index is -1.15. The van der Waals surface area contributed by atoms with Crippen LogP contribution in [0.25, 0.3) is 6.08 Å². The van der Waals surface area contributed by atoms with Crippen molar-refractivity contribution in [3.05, 3.63) is 28.8 Å². The second-order valence-corrected chi connectivity index (χ2v) is 4.49. The van der Waals surface area contributed by atoms with Gasteiger partial charge in [0.05, 0.1) is 7.11 Å². The molecule has 0 bridgehead atoms. The molecule has 0 saturated carbocycles. The lowest BCUT2D eigenvalue weighted by Gasteiger charge is -2.18. The molecule has 1 aromatic carbocycles. The number of hydrogen-bond donors (Lipinski definition) is 2. The predicted molar refractivity (Wildman–Crippen MR) is 77.0 cm³/mol. The molecule has 0 aromatic heterocycles. The summed E-state index contributed by atoms with van der Waals surface area (Å²) in [6.45, 7) is 1.66. The topological polar surface area (TPSA) is 93.1 Å². The van der Waals surface area contributed by atoms with E-state index in [0.29, 0.717) is 10.6 Å². The van der Waals surface area contributed by atoms with E-state index >= 15 is 0 Å². The van der Waals surface area contributed by atoms with Gasteiger partial charge < -0.3 is 19.7 Å². The molecule has 21 heavy (non-hydrogen) atoms. The largest absolute Gasteiger partial charge is 0.493 e. The molecule has 0 spiro atoms. The molecule has 1 aromatic rings. The van der Waals surface area contributed by atoms with Crippen LogP contribution >= 0.6 is 11.6 Å². The first-order valence-electron chi connectivity index (χ1n) is 6.07. The number of methoxy groups -OCH3 is 1.